The van der Waals surface area contributed by atoms with Gasteiger partial charge < -0.3 is 24.7 Å². The lowest BCUT2D eigenvalue weighted by Gasteiger charge is -2.28. The lowest BCUT2D eigenvalue weighted by molar-refractivity contribution is -0.277. The molecule has 0 radical (unpaired) electrons. The Labute approximate surface area is 177 Å². The van der Waals surface area contributed by atoms with Gasteiger partial charge in [0, 0.05) is 13.5 Å². The van der Waals surface area contributed by atoms with Crippen molar-refractivity contribution in [3.8, 4) is 17.5 Å². The third-order valence-electron chi connectivity index (χ3n) is 5.08. The van der Waals surface area contributed by atoms with Crippen LogP contribution in [0.1, 0.15) is 44.1 Å². The fourth-order valence-corrected chi connectivity index (χ4v) is 3.36. The summed E-state index contributed by atoms with van der Waals surface area (Å²) >= 11 is 0. The Hall–Kier alpha value is -2.61. The summed E-state index contributed by atoms with van der Waals surface area (Å²) in [7, 11) is 1.31. The number of halogens is 6. The van der Waals surface area contributed by atoms with E-state index >= 15 is 0 Å². The molecule has 0 aliphatic carbocycles. The smallest absolute Gasteiger partial charge is 0.426 e. The number of methoxy groups -OCH3 is 1. The van der Waals surface area contributed by atoms with E-state index in [1.807, 2.05) is 0 Å². The predicted octanol–water partition coefficient (Wildman–Crippen LogP) is 3.84. The van der Waals surface area contributed by atoms with Gasteiger partial charge in [-0.15, -0.1) is 10.2 Å². The number of aliphatic hydroxyl groups is 1. The minimum absolute atomic E-state index is 0.0517. The minimum Gasteiger partial charge on any atom is -0.474 e. The molecule has 3 N–H and O–H groups in total. The van der Waals surface area contributed by atoms with Gasteiger partial charge in [0.25, 0.3) is 11.8 Å². The highest BCUT2D eigenvalue weighted by atomic mass is 19.4. The lowest BCUT2D eigenvalue weighted by atomic mass is 9.94. The number of nitrogen functional groups attached to an aromatic ring is 1. The van der Waals surface area contributed by atoms with Crippen LogP contribution in [0.15, 0.2) is 10.5 Å². The van der Waals surface area contributed by atoms with Crippen molar-refractivity contribution in [2.24, 2.45) is 0 Å². The summed E-state index contributed by atoms with van der Waals surface area (Å²) in [5.41, 5.74) is -0.199. The number of hydrogen-bond donors (Lipinski definition) is 2. The lowest BCUT2D eigenvalue weighted by Crippen LogP contribution is -2.42. The largest absolute Gasteiger partial charge is 0.474 e. The van der Waals surface area contributed by atoms with E-state index in [9.17, 15) is 31.4 Å². The van der Waals surface area contributed by atoms with Crippen LogP contribution in [0.5, 0.6) is 5.88 Å². The van der Waals surface area contributed by atoms with Crippen LogP contribution in [0.2, 0.25) is 0 Å². The number of nitrogens with zero attached hydrogens (tertiary/aromatic N) is 3. The normalized spacial score (nSPS) is 25.2. The van der Waals surface area contributed by atoms with Gasteiger partial charge in [0.1, 0.15) is 11.7 Å². The van der Waals surface area contributed by atoms with Crippen molar-refractivity contribution < 1.29 is 45.3 Å². The fraction of sp³-hybridized carbons (Fsp3) is 0.611. The van der Waals surface area contributed by atoms with Crippen molar-refractivity contribution in [3.05, 3.63) is 17.5 Å². The zero-order valence-corrected chi connectivity index (χ0v) is 16.9. The Bertz CT molecular complexity index is 964. The van der Waals surface area contributed by atoms with Crippen LogP contribution in [0.3, 0.4) is 0 Å². The van der Waals surface area contributed by atoms with Crippen molar-refractivity contribution >= 4 is 5.69 Å². The molecule has 3 rings (SSSR count). The Kier molecular flexibility index (Phi) is 6.30. The molecule has 0 aromatic carbocycles. The van der Waals surface area contributed by atoms with E-state index in [4.69, 9.17) is 19.6 Å². The van der Waals surface area contributed by atoms with Gasteiger partial charge in [-0.25, -0.2) is 4.98 Å². The van der Waals surface area contributed by atoms with Crippen LogP contribution in [-0.4, -0.2) is 45.8 Å². The van der Waals surface area contributed by atoms with Gasteiger partial charge in [-0.05, 0) is 32.3 Å². The SMILES string of the molecule is COC1CCC[C@](O)(C(F)(F)F)c2nnc(o2)-c2nc(c(C(F)(F)F)cc2N)O[C@H](C)C1. The molecule has 2 aromatic rings. The number of hydrogen-bond acceptors (Lipinski definition) is 8. The third-order valence-corrected chi connectivity index (χ3v) is 5.08. The van der Waals surface area contributed by atoms with Gasteiger partial charge in [-0.3, -0.25) is 0 Å². The summed E-state index contributed by atoms with van der Waals surface area (Å²) in [5, 5.41) is 17.1. The second-order valence-corrected chi connectivity index (χ2v) is 7.46. The molecule has 0 saturated carbocycles. The number of alkyl halides is 6. The van der Waals surface area contributed by atoms with Crippen LogP contribution in [0, 0.1) is 0 Å². The molecule has 4 bridgehead atoms. The summed E-state index contributed by atoms with van der Waals surface area (Å²) in [5.74, 6) is -2.73. The molecule has 3 atom stereocenters. The van der Waals surface area contributed by atoms with E-state index in [0.29, 0.717) is 6.07 Å². The topological polar surface area (TPSA) is 117 Å². The standard InChI is InChI=1S/C18H20F6N4O4/c1-8-6-9(30-2)4-3-5-16(29,18(22,23)24)15-28-27-14(32-15)12-11(25)7-10(17(19,20)21)13(26-12)31-8/h7-9,29H,3-6,25H2,1-2H3/t8-,9?,16-/m1/s1. The van der Waals surface area contributed by atoms with Gasteiger partial charge in [-0.1, -0.05) is 0 Å². The molecule has 0 saturated heterocycles. The van der Waals surface area contributed by atoms with Gasteiger partial charge in [0.15, 0.2) is 5.69 Å². The fourth-order valence-electron chi connectivity index (χ4n) is 3.36. The van der Waals surface area contributed by atoms with Crippen LogP contribution in [0.4, 0.5) is 32.0 Å². The maximum Gasteiger partial charge on any atom is 0.426 e. The van der Waals surface area contributed by atoms with E-state index in [0.717, 1.165) is 0 Å². The molecule has 1 unspecified atom stereocenters. The second-order valence-electron chi connectivity index (χ2n) is 7.46. The van der Waals surface area contributed by atoms with Crippen molar-refractivity contribution in [2.45, 2.75) is 62.8 Å². The average Bonchev–Trinajstić information content (AvgIpc) is 3.16. The van der Waals surface area contributed by atoms with Gasteiger partial charge in [0.05, 0.1) is 11.8 Å². The van der Waals surface area contributed by atoms with E-state index in [1.165, 1.54) is 14.0 Å². The maximum atomic E-state index is 13.7. The third kappa shape index (κ3) is 4.60. The molecule has 3 heterocycles. The average molecular weight is 470 g/mol. The Morgan fingerprint density at radius 2 is 1.91 bits per heavy atom. The van der Waals surface area contributed by atoms with E-state index in [2.05, 4.69) is 15.2 Å². The van der Waals surface area contributed by atoms with Crippen LogP contribution in [-0.2, 0) is 16.5 Å². The monoisotopic (exact) mass is 470 g/mol. The van der Waals surface area contributed by atoms with Crippen LogP contribution >= 0.6 is 0 Å². The molecule has 14 heteroatoms. The second kappa shape index (κ2) is 8.39. The van der Waals surface area contributed by atoms with E-state index in [-0.39, 0.29) is 19.3 Å². The first-order valence-corrected chi connectivity index (χ1v) is 9.47. The first-order chi connectivity index (χ1) is 14.8. The Morgan fingerprint density at radius 3 is 2.50 bits per heavy atom. The number of pyridine rings is 1. The van der Waals surface area contributed by atoms with Crippen molar-refractivity contribution in [2.75, 3.05) is 12.8 Å². The highest BCUT2D eigenvalue weighted by Crippen LogP contribution is 2.44. The zero-order chi connectivity index (χ0) is 23.9. The summed E-state index contributed by atoms with van der Waals surface area (Å²) in [6.45, 7) is 1.46. The van der Waals surface area contributed by atoms with Crippen molar-refractivity contribution in [1.82, 2.24) is 15.2 Å². The Morgan fingerprint density at radius 1 is 1.22 bits per heavy atom. The minimum atomic E-state index is -5.17. The molecule has 0 fully saturated rings. The first kappa shape index (κ1) is 24.0. The van der Waals surface area contributed by atoms with Crippen LogP contribution in [0.25, 0.3) is 11.6 Å². The molecule has 2 aromatic heterocycles. The van der Waals surface area contributed by atoms with E-state index in [1.54, 1.807) is 0 Å². The number of fused-ring (bicyclic) bond motifs is 5. The quantitative estimate of drug-likeness (QED) is 0.604. The molecule has 0 amide bonds. The molecule has 178 valence electrons. The molecule has 1 aliphatic rings. The molecular formula is C18H20F6N4O4. The molecular weight excluding hydrogens is 450 g/mol. The first-order valence-electron chi connectivity index (χ1n) is 9.47. The number of rotatable bonds is 1. The van der Waals surface area contributed by atoms with Gasteiger partial charge in [0.2, 0.25) is 11.5 Å². The summed E-state index contributed by atoms with van der Waals surface area (Å²) in [6.07, 6.45) is -12.4. The van der Waals surface area contributed by atoms with E-state index < -0.39 is 71.2 Å². The van der Waals surface area contributed by atoms with Crippen molar-refractivity contribution in [3.63, 3.8) is 0 Å². The highest BCUT2D eigenvalue weighted by molar-refractivity contribution is 5.68. The summed E-state index contributed by atoms with van der Waals surface area (Å²) in [6, 6.07) is 0.518. The number of anilines is 1. The molecule has 32 heavy (non-hydrogen) atoms. The predicted molar refractivity (Wildman–Crippen MR) is 96.3 cm³/mol. The molecule has 1 aliphatic heterocycles. The molecule has 8 nitrogen and oxygen atoms in total. The van der Waals surface area contributed by atoms with Gasteiger partial charge >= 0.3 is 12.4 Å². The highest BCUT2D eigenvalue weighted by Gasteiger charge is 2.58. The number of nitrogens with two attached hydrogens (primary N) is 1. The number of ether oxygens (including phenoxy) is 2. The summed E-state index contributed by atoms with van der Waals surface area (Å²) < 4.78 is 97.2. The maximum absolute atomic E-state index is 13.7. The Balaban J connectivity index is 2.19. The number of aromatic nitrogens is 3. The molecule has 0 spiro atoms. The summed E-state index contributed by atoms with van der Waals surface area (Å²) in [4.78, 5) is 3.72. The van der Waals surface area contributed by atoms with Crippen molar-refractivity contribution in [1.29, 1.82) is 0 Å². The van der Waals surface area contributed by atoms with Gasteiger partial charge in [-0.2, -0.15) is 26.3 Å². The zero-order valence-electron chi connectivity index (χ0n) is 16.9. The van der Waals surface area contributed by atoms with Crippen LogP contribution < -0.4 is 10.5 Å².